The SMILES string of the molecule is CC(C)(C)OC(=O)NC1CCC(CN)CC1.CC(C)(C)OC(=O)NC1CCC(CNc2nc(Cl)ncc2Br)CC1.CC(C)(C)OC(=O)NC1CCC(CNc2nc(NCc3ccccc3OC(F)(F)F)ncc2Br)CC1.ClCCl.ClCCl.Clc1ncc(Br)c(Cl)n1.NC1CCC(CNc2nc(NCc3ccccc3OC(F)(F)F)ncc2Br)CC1.NCc1ccccc1OC(F)(F)F. The molecule has 11 rings (SSSR count). The molecule has 0 spiro atoms. The quantitative estimate of drug-likeness (QED) is 0.00931. The van der Waals surface area contributed by atoms with Gasteiger partial charge in [-0.1, -0.05) is 66.2 Å². The average molecular weight is 2290 g/mol. The van der Waals surface area contributed by atoms with Gasteiger partial charge in [-0.2, -0.15) is 15.0 Å². The lowest BCUT2D eigenvalue weighted by atomic mass is 9.86. The van der Waals surface area contributed by atoms with Crippen LogP contribution in [0.3, 0.4) is 0 Å². The van der Waals surface area contributed by atoms with E-state index < -0.39 is 35.9 Å². The van der Waals surface area contributed by atoms with E-state index >= 15 is 0 Å². The lowest BCUT2D eigenvalue weighted by molar-refractivity contribution is -0.275. The van der Waals surface area contributed by atoms with Crippen LogP contribution in [0.1, 0.15) is 182 Å². The largest absolute Gasteiger partial charge is 0.573 e. The van der Waals surface area contributed by atoms with E-state index in [1.165, 1.54) is 48.7 Å². The number of nitrogens with zero attached hydrogens (tertiary/aromatic N) is 8. The molecule has 0 unspecified atom stereocenters. The van der Waals surface area contributed by atoms with Crippen molar-refractivity contribution < 1.29 is 82.3 Å². The first-order valence-corrected chi connectivity index (χ1v) is 48.5. The molecular weight excluding hydrogens is 2170 g/mol. The number of hydrogen-bond acceptors (Lipinski definition) is 25. The summed E-state index contributed by atoms with van der Waals surface area (Å²) in [4.78, 5) is 67.9. The normalized spacial score (nSPS) is 18.3. The number of nitrogens with one attached hydrogen (secondary N) is 8. The molecule has 7 aromatic rings. The molecule has 744 valence electrons. The van der Waals surface area contributed by atoms with Crippen LogP contribution in [0.2, 0.25) is 15.7 Å². The molecule has 3 aromatic carbocycles. The fourth-order valence-electron chi connectivity index (χ4n) is 13.0. The van der Waals surface area contributed by atoms with Crippen LogP contribution in [-0.4, -0.2) is 155 Å². The van der Waals surface area contributed by atoms with Gasteiger partial charge < -0.3 is 88.2 Å². The van der Waals surface area contributed by atoms with Crippen molar-refractivity contribution in [1.82, 2.24) is 55.8 Å². The Hall–Kier alpha value is -6.61. The average Bonchev–Trinajstić information content (AvgIpc) is 0.837. The topological polar surface area (TPSA) is 384 Å². The summed E-state index contributed by atoms with van der Waals surface area (Å²) in [7, 11) is 0. The minimum atomic E-state index is -4.77. The predicted molar refractivity (Wildman–Crippen MR) is 519 cm³/mol. The highest BCUT2D eigenvalue weighted by Crippen LogP contribution is 2.35. The third kappa shape index (κ3) is 53.2. The number of rotatable bonds is 23. The van der Waals surface area contributed by atoms with Crippen LogP contribution < -0.4 is 73.9 Å². The van der Waals surface area contributed by atoms with Crippen molar-refractivity contribution in [3.05, 3.63) is 148 Å². The third-order valence-electron chi connectivity index (χ3n) is 19.2. The Kier molecular flexibility index (Phi) is 53.8. The zero-order valence-corrected chi connectivity index (χ0v) is 86.2. The second kappa shape index (κ2) is 60.3. The van der Waals surface area contributed by atoms with Gasteiger partial charge >= 0.3 is 37.4 Å². The highest BCUT2D eigenvalue weighted by Gasteiger charge is 2.36. The predicted octanol–water partition coefficient (Wildman–Crippen LogP) is 24.8. The molecule has 4 aliphatic rings. The van der Waals surface area contributed by atoms with E-state index in [-0.39, 0.29) is 100 Å². The van der Waals surface area contributed by atoms with Crippen molar-refractivity contribution >= 4 is 193 Å². The highest BCUT2D eigenvalue weighted by atomic mass is 79.9. The molecule has 4 heterocycles. The third-order valence-corrected chi connectivity index (χ3v) is 22.4. The number of hydrogen-bond donors (Lipinski definition) is 11. The van der Waals surface area contributed by atoms with Gasteiger partial charge in [0.1, 0.15) is 56.7 Å². The molecule has 3 amide bonds. The Morgan fingerprint density at radius 1 is 0.391 bits per heavy atom. The van der Waals surface area contributed by atoms with E-state index in [1.807, 2.05) is 62.3 Å². The van der Waals surface area contributed by atoms with Crippen molar-refractivity contribution in [3.63, 3.8) is 0 Å². The first-order chi connectivity index (χ1) is 62.4. The first kappa shape index (κ1) is 119. The van der Waals surface area contributed by atoms with Crippen molar-refractivity contribution in [2.45, 2.75) is 245 Å². The van der Waals surface area contributed by atoms with Crippen molar-refractivity contribution in [2.24, 2.45) is 40.9 Å². The number of alkyl halides is 13. The number of nitrogens with two attached hydrogens (primary N) is 3. The molecule has 133 heavy (non-hydrogen) atoms. The molecule has 28 nitrogen and oxygen atoms in total. The molecule has 14 N–H and O–H groups in total. The van der Waals surface area contributed by atoms with Gasteiger partial charge in [-0.15, -0.1) is 85.9 Å². The van der Waals surface area contributed by atoms with Gasteiger partial charge in [-0.3, -0.25) is 0 Å². The fourth-order valence-corrected chi connectivity index (χ4v) is 14.7. The van der Waals surface area contributed by atoms with E-state index in [2.05, 4.69) is 160 Å². The number of carbonyl (C=O) groups is 3. The minimum absolute atomic E-state index is 0.0201. The number of para-hydroxylation sites is 3. The van der Waals surface area contributed by atoms with Gasteiger partial charge in [-0.25, -0.2) is 39.3 Å². The molecule has 0 aliphatic heterocycles. The molecule has 0 saturated heterocycles. The maximum atomic E-state index is 12.7. The Balaban J connectivity index is 0.000000345. The molecule has 0 bridgehead atoms. The second-order valence-corrected chi connectivity index (χ2v) is 39.3. The summed E-state index contributed by atoms with van der Waals surface area (Å²) in [6.45, 7) is 20.0. The van der Waals surface area contributed by atoms with Gasteiger partial charge in [0.05, 0.1) is 28.6 Å². The molecule has 0 atom stereocenters. The Morgan fingerprint density at radius 3 is 0.970 bits per heavy atom. The van der Waals surface area contributed by atoms with E-state index in [9.17, 15) is 53.9 Å². The maximum absolute atomic E-state index is 12.7. The first-order valence-electron chi connectivity index (χ1n) is 42.0. The van der Waals surface area contributed by atoms with Crippen LogP contribution in [-0.2, 0) is 33.8 Å². The van der Waals surface area contributed by atoms with Crippen molar-refractivity contribution in [3.8, 4) is 17.2 Å². The Bertz CT molecular complexity index is 4580. The zero-order chi connectivity index (χ0) is 99.3. The summed E-state index contributed by atoms with van der Waals surface area (Å²) in [6, 6.07) is 18.5. The van der Waals surface area contributed by atoms with Gasteiger partial charge in [0, 0.05) is 105 Å². The Morgan fingerprint density at radius 2 is 0.669 bits per heavy atom. The van der Waals surface area contributed by atoms with Crippen LogP contribution in [0.4, 0.5) is 83.2 Å². The van der Waals surface area contributed by atoms with Crippen LogP contribution in [0, 0.1) is 23.7 Å². The second-order valence-electron chi connectivity index (χ2n) is 33.2. The summed E-state index contributed by atoms with van der Waals surface area (Å²) in [5.74, 6) is 3.88. The summed E-state index contributed by atoms with van der Waals surface area (Å²) in [5.41, 5.74) is 16.4. The number of carbonyl (C=O) groups excluding carboxylic acids is 3. The summed E-state index contributed by atoms with van der Waals surface area (Å²) in [5, 5.41) is 25.8. The number of aromatic nitrogens is 8. The zero-order valence-electron chi connectivity index (χ0n) is 74.6. The number of benzene rings is 3. The number of ether oxygens (including phenoxy) is 6. The number of anilines is 5. The van der Waals surface area contributed by atoms with Gasteiger partial charge in [0.15, 0.2) is 0 Å². The number of halogens is 20. The lowest BCUT2D eigenvalue weighted by Gasteiger charge is -2.30. The molecule has 48 heteroatoms. The number of amides is 3. The van der Waals surface area contributed by atoms with Crippen LogP contribution in [0.15, 0.2) is 115 Å². The molecule has 4 aliphatic carbocycles. The molecular formula is C85H115Br4Cl7F9N19O9. The minimum Gasteiger partial charge on any atom is -0.444 e. The van der Waals surface area contributed by atoms with Crippen LogP contribution in [0.25, 0.3) is 0 Å². The van der Waals surface area contributed by atoms with E-state index in [4.69, 9.17) is 113 Å². The summed E-state index contributed by atoms with van der Waals surface area (Å²) < 4.78 is 142. The lowest BCUT2D eigenvalue weighted by Crippen LogP contribution is -2.41. The van der Waals surface area contributed by atoms with Crippen LogP contribution >= 0.6 is 145 Å². The van der Waals surface area contributed by atoms with Gasteiger partial charge in [0.25, 0.3) is 0 Å². The standard InChI is InChI=1S/C24H31BrF3N5O3.C19H23BrF3N5O.C16H24BrClN4O2.C12H24N2O2.C8H8F3NO.C4HBrCl2N2.2CH2Cl2/c1-23(2,3)36-22(34)32-17-10-8-15(9-11-17)12-29-20-18(25)14-31-21(33-20)30-13-16-6-4-5-7-19(16)35-24(26,27)28;20-15-11-27-18(28-17(15)25-9-12-5-7-14(24)8-6-12)26-10-13-3-1-2-4-16(13)29-19(21,22)23;1-16(2,3)24-15(23)21-11-6-4-10(5-7-11)8-19-13-12(17)9-20-14(18)22-13;1-12(2,3)16-11(15)14-10-6-4-9(8-13)5-7-10;9-8(10,11)13-7-4-2-1-3-6(7)5-12;5-2-1-8-4(7)9-3(2)6;2*2-1-3/h4-7,14-15,17H,8-13H2,1-3H3,(H,32,34)(H2,29,30,31,33);1-4,11-12,14H,5-10,24H2,(H2,25,26,27,28);9-11H,4-8H2,1-3H3,(H,21,23)(H,19,20,22);9-10H,4-8,13H2,1-3H3,(H,14,15);1-4H,5,12H2;1H;2*1H2. The van der Waals surface area contributed by atoms with Crippen LogP contribution in [0.5, 0.6) is 17.2 Å². The van der Waals surface area contributed by atoms with Crippen molar-refractivity contribution in [2.75, 3.05) is 63.4 Å². The monoisotopic (exact) mass is 2280 g/mol. The summed E-state index contributed by atoms with van der Waals surface area (Å²) in [6.07, 6.45) is 7.21. The van der Waals surface area contributed by atoms with Gasteiger partial charge in [0.2, 0.25) is 22.5 Å². The van der Waals surface area contributed by atoms with E-state index in [0.29, 0.717) is 90.4 Å². The summed E-state index contributed by atoms with van der Waals surface area (Å²) >= 11 is 49.2. The van der Waals surface area contributed by atoms with E-state index in [0.717, 1.165) is 131 Å². The molecule has 4 aromatic heterocycles. The molecule has 4 saturated carbocycles. The fraction of sp³-hybridized carbons (Fsp3) is 0.565. The number of alkyl carbamates (subject to hydrolysis) is 3. The Labute approximate surface area is 838 Å². The molecule has 0 radical (unpaired) electrons. The smallest absolute Gasteiger partial charge is 0.444 e. The highest BCUT2D eigenvalue weighted by molar-refractivity contribution is 9.11. The maximum Gasteiger partial charge on any atom is 0.573 e. The van der Waals surface area contributed by atoms with Crippen molar-refractivity contribution in [1.29, 1.82) is 0 Å². The van der Waals surface area contributed by atoms with E-state index in [1.54, 1.807) is 48.9 Å². The van der Waals surface area contributed by atoms with Gasteiger partial charge in [-0.05, 0) is 300 Å². The molecule has 4 fully saturated rings.